The molecular weight excluding hydrogens is 324 g/mol. The number of rotatable bonds is 5. The predicted octanol–water partition coefficient (Wildman–Crippen LogP) is 1.24. The number of nitrogens with zero attached hydrogens (tertiary/aromatic N) is 4. The van der Waals surface area contributed by atoms with Crippen LogP contribution in [0.5, 0.6) is 0 Å². The van der Waals surface area contributed by atoms with Crippen LogP contribution in [-0.4, -0.2) is 63.7 Å². The molecule has 1 N–H and O–H groups in total. The summed E-state index contributed by atoms with van der Waals surface area (Å²) in [5.41, 5.74) is 2.33. The molecule has 0 saturated heterocycles. The first kappa shape index (κ1) is 17.2. The Morgan fingerprint density at radius 2 is 2.16 bits per heavy atom. The molecule has 134 valence electrons. The maximum absolute atomic E-state index is 12.6. The zero-order chi connectivity index (χ0) is 18.1. The van der Waals surface area contributed by atoms with Gasteiger partial charge in [-0.25, -0.2) is 4.79 Å². The third-order valence-electron chi connectivity index (χ3n) is 4.44. The van der Waals surface area contributed by atoms with Crippen LogP contribution in [0.4, 0.5) is 0 Å². The Hall–Kier alpha value is -2.61. The highest BCUT2D eigenvalue weighted by molar-refractivity contribution is 5.93. The van der Waals surface area contributed by atoms with Crippen LogP contribution in [0.1, 0.15) is 37.9 Å². The first-order valence-electron chi connectivity index (χ1n) is 8.18. The number of aromatic nitrogens is 2. The van der Waals surface area contributed by atoms with Crippen molar-refractivity contribution in [2.24, 2.45) is 0 Å². The van der Waals surface area contributed by atoms with Gasteiger partial charge in [-0.2, -0.15) is 5.10 Å². The Kier molecular flexibility index (Phi) is 4.63. The number of fused-ring (bicyclic) bond motifs is 1. The number of hydrogen-bond acceptors (Lipinski definition) is 5. The fourth-order valence-corrected chi connectivity index (χ4v) is 3.05. The van der Waals surface area contributed by atoms with Crippen molar-refractivity contribution in [2.75, 3.05) is 27.2 Å². The Labute approximate surface area is 145 Å². The zero-order valence-corrected chi connectivity index (χ0v) is 14.7. The van der Waals surface area contributed by atoms with Gasteiger partial charge in [-0.15, -0.1) is 0 Å². The summed E-state index contributed by atoms with van der Waals surface area (Å²) < 4.78 is 7.04. The SMILES string of the molecule is Cc1ccoc1C(=O)N1CCc2c(c(C(=O)O)nn2CCN(C)C)C1. The van der Waals surface area contributed by atoms with Gasteiger partial charge in [0.25, 0.3) is 5.91 Å². The molecule has 8 heteroatoms. The van der Waals surface area contributed by atoms with Crippen molar-refractivity contribution in [2.45, 2.75) is 26.4 Å². The van der Waals surface area contributed by atoms with Crippen LogP contribution in [0, 0.1) is 6.92 Å². The molecule has 0 saturated carbocycles. The molecule has 25 heavy (non-hydrogen) atoms. The normalized spacial score (nSPS) is 14.0. The lowest BCUT2D eigenvalue weighted by molar-refractivity contribution is 0.0665. The molecule has 0 atom stereocenters. The summed E-state index contributed by atoms with van der Waals surface area (Å²) >= 11 is 0. The van der Waals surface area contributed by atoms with E-state index in [1.54, 1.807) is 15.6 Å². The smallest absolute Gasteiger partial charge is 0.356 e. The van der Waals surface area contributed by atoms with Crippen LogP contribution in [0.3, 0.4) is 0 Å². The number of aromatic carboxylic acids is 1. The number of furan rings is 1. The van der Waals surface area contributed by atoms with Crippen molar-refractivity contribution in [3.63, 3.8) is 0 Å². The number of amides is 1. The van der Waals surface area contributed by atoms with E-state index < -0.39 is 5.97 Å². The standard InChI is InChI=1S/C17H22N4O4/c1-11-5-9-25-15(11)16(22)20-6-4-13-12(10-20)14(17(23)24)18-21(13)8-7-19(2)3/h5,9H,4,6-8,10H2,1-3H3,(H,23,24). The van der Waals surface area contributed by atoms with Gasteiger partial charge in [-0.3, -0.25) is 9.48 Å². The van der Waals surface area contributed by atoms with E-state index in [1.165, 1.54) is 6.26 Å². The minimum atomic E-state index is -1.07. The number of carbonyl (C=O) groups is 2. The molecule has 8 nitrogen and oxygen atoms in total. The van der Waals surface area contributed by atoms with Gasteiger partial charge in [0.15, 0.2) is 11.5 Å². The van der Waals surface area contributed by atoms with Gasteiger partial charge in [0.05, 0.1) is 19.4 Å². The van der Waals surface area contributed by atoms with Gasteiger partial charge >= 0.3 is 5.97 Å². The highest BCUT2D eigenvalue weighted by Crippen LogP contribution is 2.25. The average Bonchev–Trinajstić information content (AvgIpc) is 3.15. The van der Waals surface area contributed by atoms with Crippen molar-refractivity contribution in [1.29, 1.82) is 0 Å². The van der Waals surface area contributed by atoms with E-state index in [9.17, 15) is 14.7 Å². The van der Waals surface area contributed by atoms with Crippen molar-refractivity contribution in [3.05, 3.63) is 40.6 Å². The third kappa shape index (κ3) is 3.30. The quantitative estimate of drug-likeness (QED) is 0.876. The van der Waals surface area contributed by atoms with E-state index in [0.717, 1.165) is 17.8 Å². The molecule has 3 heterocycles. The van der Waals surface area contributed by atoms with Crippen molar-refractivity contribution in [1.82, 2.24) is 19.6 Å². The molecule has 2 aromatic rings. The second-order valence-electron chi connectivity index (χ2n) is 6.51. The van der Waals surface area contributed by atoms with Crippen LogP contribution in [-0.2, 0) is 19.5 Å². The number of likely N-dealkylation sites (N-methyl/N-ethyl adjacent to an activating group) is 1. The van der Waals surface area contributed by atoms with Crippen molar-refractivity contribution in [3.8, 4) is 0 Å². The Bertz CT molecular complexity index is 806. The zero-order valence-electron chi connectivity index (χ0n) is 14.7. The maximum Gasteiger partial charge on any atom is 0.356 e. The third-order valence-corrected chi connectivity index (χ3v) is 4.44. The molecule has 0 fully saturated rings. The number of aryl methyl sites for hydroxylation is 1. The highest BCUT2D eigenvalue weighted by Gasteiger charge is 2.31. The van der Waals surface area contributed by atoms with E-state index in [0.29, 0.717) is 30.8 Å². The van der Waals surface area contributed by atoms with Crippen LogP contribution < -0.4 is 0 Å². The summed E-state index contributed by atoms with van der Waals surface area (Å²) in [4.78, 5) is 27.9. The monoisotopic (exact) mass is 346 g/mol. The average molecular weight is 346 g/mol. The molecular formula is C17H22N4O4. The van der Waals surface area contributed by atoms with Crippen molar-refractivity contribution >= 4 is 11.9 Å². The summed E-state index contributed by atoms with van der Waals surface area (Å²) in [5.74, 6) is -0.978. The van der Waals surface area contributed by atoms with Crippen LogP contribution >= 0.6 is 0 Å². The fraction of sp³-hybridized carbons (Fsp3) is 0.471. The topological polar surface area (TPSA) is 91.8 Å². The lowest BCUT2D eigenvalue weighted by Gasteiger charge is -2.27. The molecule has 1 aliphatic rings. The summed E-state index contributed by atoms with van der Waals surface area (Å²) in [5, 5.41) is 13.7. The summed E-state index contributed by atoms with van der Waals surface area (Å²) in [7, 11) is 3.92. The molecule has 0 bridgehead atoms. The van der Waals surface area contributed by atoms with Gasteiger partial charge < -0.3 is 19.3 Å². The largest absolute Gasteiger partial charge is 0.476 e. The fourth-order valence-electron chi connectivity index (χ4n) is 3.05. The summed E-state index contributed by atoms with van der Waals surface area (Å²) in [6.45, 7) is 3.94. The second kappa shape index (κ2) is 6.72. The Balaban J connectivity index is 1.88. The van der Waals surface area contributed by atoms with Crippen LogP contribution in [0.25, 0.3) is 0 Å². The lowest BCUT2D eigenvalue weighted by Crippen LogP contribution is -2.37. The van der Waals surface area contributed by atoms with E-state index in [4.69, 9.17) is 4.42 Å². The second-order valence-corrected chi connectivity index (χ2v) is 6.51. The minimum Gasteiger partial charge on any atom is -0.476 e. The van der Waals surface area contributed by atoms with Crippen molar-refractivity contribution < 1.29 is 19.1 Å². The van der Waals surface area contributed by atoms with E-state index in [1.807, 2.05) is 25.9 Å². The summed E-state index contributed by atoms with van der Waals surface area (Å²) in [6, 6.07) is 1.74. The van der Waals surface area contributed by atoms with E-state index in [2.05, 4.69) is 5.10 Å². The molecule has 0 unspecified atom stereocenters. The highest BCUT2D eigenvalue weighted by atomic mass is 16.4. The number of carboxylic acids is 1. The van der Waals surface area contributed by atoms with Gasteiger partial charge in [-0.1, -0.05) is 0 Å². The predicted molar refractivity (Wildman–Crippen MR) is 89.6 cm³/mol. The first-order chi connectivity index (χ1) is 11.9. The van der Waals surface area contributed by atoms with Gasteiger partial charge in [0, 0.05) is 36.3 Å². The first-order valence-corrected chi connectivity index (χ1v) is 8.18. The van der Waals surface area contributed by atoms with Crippen LogP contribution in [0.15, 0.2) is 16.7 Å². The van der Waals surface area contributed by atoms with Gasteiger partial charge in [0.1, 0.15) is 0 Å². The molecule has 3 rings (SSSR count). The maximum atomic E-state index is 12.6. The molecule has 1 amide bonds. The molecule has 1 aliphatic heterocycles. The molecule has 2 aromatic heterocycles. The Morgan fingerprint density at radius 3 is 2.76 bits per heavy atom. The summed E-state index contributed by atoms with van der Waals surface area (Å²) in [6.07, 6.45) is 2.06. The lowest BCUT2D eigenvalue weighted by atomic mass is 10.0. The van der Waals surface area contributed by atoms with Gasteiger partial charge in [-0.05, 0) is 27.1 Å². The molecule has 0 aliphatic carbocycles. The molecule has 0 radical (unpaired) electrons. The number of carbonyl (C=O) groups excluding carboxylic acids is 1. The molecule has 0 spiro atoms. The van der Waals surface area contributed by atoms with E-state index >= 15 is 0 Å². The van der Waals surface area contributed by atoms with Gasteiger partial charge in [0.2, 0.25) is 0 Å². The number of carboxylic acid groups (broad SMARTS) is 1. The van der Waals surface area contributed by atoms with Crippen LogP contribution in [0.2, 0.25) is 0 Å². The minimum absolute atomic E-state index is 0.0300. The van der Waals surface area contributed by atoms with E-state index in [-0.39, 0.29) is 18.1 Å². The molecule has 0 aromatic carbocycles. The number of hydrogen-bond donors (Lipinski definition) is 1. The Morgan fingerprint density at radius 1 is 1.40 bits per heavy atom.